The van der Waals surface area contributed by atoms with Crippen LogP contribution in [0.5, 0.6) is 0 Å². The van der Waals surface area contributed by atoms with Crippen molar-refractivity contribution in [1.29, 1.82) is 0 Å². The molecular formula is C16H19N3O. The first kappa shape index (κ1) is 12.9. The molecule has 1 aliphatic rings. The predicted octanol–water partition coefficient (Wildman–Crippen LogP) is 2.62. The predicted molar refractivity (Wildman–Crippen MR) is 77.6 cm³/mol. The van der Waals surface area contributed by atoms with Crippen LogP contribution in [0.25, 0.3) is 0 Å². The lowest BCUT2D eigenvalue weighted by Crippen LogP contribution is -2.31. The highest BCUT2D eigenvalue weighted by atomic mass is 16.2. The number of benzene rings is 1. The zero-order valence-corrected chi connectivity index (χ0v) is 11.9. The lowest BCUT2D eigenvalue weighted by atomic mass is 10.0. The molecule has 104 valence electrons. The number of nitrogens with one attached hydrogen (secondary N) is 1. The molecule has 0 bridgehead atoms. The number of rotatable bonds is 1. The van der Waals surface area contributed by atoms with Crippen molar-refractivity contribution in [2.24, 2.45) is 0 Å². The van der Waals surface area contributed by atoms with E-state index in [1.165, 1.54) is 11.1 Å². The largest absolute Gasteiger partial charge is 0.334 e. The molecule has 3 rings (SSSR count). The quantitative estimate of drug-likeness (QED) is 0.865. The Morgan fingerprint density at radius 1 is 1.25 bits per heavy atom. The molecule has 2 aromatic rings. The molecule has 1 aromatic carbocycles. The Balaban J connectivity index is 1.90. The number of nitrogens with zero attached hydrogens (tertiary/aromatic N) is 2. The average molecular weight is 269 g/mol. The van der Waals surface area contributed by atoms with Crippen LogP contribution in [0.15, 0.2) is 24.3 Å². The Hall–Kier alpha value is -2.10. The highest BCUT2D eigenvalue weighted by molar-refractivity contribution is 5.96. The van der Waals surface area contributed by atoms with E-state index < -0.39 is 0 Å². The van der Waals surface area contributed by atoms with Gasteiger partial charge in [0.05, 0.1) is 11.3 Å². The molecule has 2 heterocycles. The summed E-state index contributed by atoms with van der Waals surface area (Å²) in [6, 6.07) is 8.40. The van der Waals surface area contributed by atoms with Gasteiger partial charge in [-0.25, -0.2) is 0 Å². The molecular weight excluding hydrogens is 250 g/mol. The molecule has 1 aromatic heterocycles. The number of amides is 1. The van der Waals surface area contributed by atoms with Crippen molar-refractivity contribution in [3.8, 4) is 0 Å². The van der Waals surface area contributed by atoms with Crippen molar-refractivity contribution in [3.05, 3.63) is 52.3 Å². The molecule has 0 radical (unpaired) electrons. The number of carbonyl (C=O) groups is 1. The van der Waals surface area contributed by atoms with E-state index in [-0.39, 0.29) is 5.91 Å². The van der Waals surface area contributed by atoms with Gasteiger partial charge in [0.25, 0.3) is 5.91 Å². The van der Waals surface area contributed by atoms with Crippen LogP contribution in [-0.4, -0.2) is 27.5 Å². The minimum atomic E-state index is 0.0884. The van der Waals surface area contributed by atoms with E-state index in [0.29, 0.717) is 6.54 Å². The maximum absolute atomic E-state index is 12.7. The van der Waals surface area contributed by atoms with Gasteiger partial charge in [0.15, 0.2) is 0 Å². The maximum atomic E-state index is 12.7. The van der Waals surface area contributed by atoms with E-state index >= 15 is 0 Å². The van der Waals surface area contributed by atoms with Crippen molar-refractivity contribution < 1.29 is 4.79 Å². The summed E-state index contributed by atoms with van der Waals surface area (Å²) >= 11 is 0. The smallest absolute Gasteiger partial charge is 0.257 e. The summed E-state index contributed by atoms with van der Waals surface area (Å²) < 4.78 is 0. The topological polar surface area (TPSA) is 49.0 Å². The monoisotopic (exact) mass is 269 g/mol. The standard InChI is InChI=1S/C16H19N3O/c1-11-15(12(2)18-17-11)16(20)19-9-5-8-13-6-3-4-7-14(13)10-19/h3-4,6-7H,5,8-10H2,1-2H3,(H,17,18). The molecule has 20 heavy (non-hydrogen) atoms. The van der Waals surface area contributed by atoms with E-state index in [2.05, 4.69) is 28.4 Å². The van der Waals surface area contributed by atoms with E-state index in [9.17, 15) is 4.79 Å². The zero-order valence-electron chi connectivity index (χ0n) is 11.9. The molecule has 0 aliphatic carbocycles. The molecule has 0 fully saturated rings. The van der Waals surface area contributed by atoms with Crippen molar-refractivity contribution in [3.63, 3.8) is 0 Å². The van der Waals surface area contributed by atoms with Gasteiger partial charge in [-0.1, -0.05) is 24.3 Å². The summed E-state index contributed by atoms with van der Waals surface area (Å²) in [5, 5.41) is 7.02. The normalized spacial score (nSPS) is 14.8. The molecule has 1 aliphatic heterocycles. The molecule has 0 spiro atoms. The van der Waals surface area contributed by atoms with Gasteiger partial charge in [0, 0.05) is 18.8 Å². The Labute approximate surface area is 118 Å². The van der Waals surface area contributed by atoms with Crippen LogP contribution >= 0.6 is 0 Å². The first-order valence-corrected chi connectivity index (χ1v) is 7.04. The minimum Gasteiger partial charge on any atom is -0.334 e. The zero-order chi connectivity index (χ0) is 14.1. The summed E-state index contributed by atoms with van der Waals surface area (Å²) in [6.07, 6.45) is 2.06. The van der Waals surface area contributed by atoms with Crippen LogP contribution in [0.3, 0.4) is 0 Å². The van der Waals surface area contributed by atoms with Crippen molar-refractivity contribution >= 4 is 5.91 Å². The van der Waals surface area contributed by atoms with Crippen molar-refractivity contribution in [1.82, 2.24) is 15.1 Å². The first-order valence-electron chi connectivity index (χ1n) is 7.04. The number of aryl methyl sites for hydroxylation is 3. The number of H-pyrrole nitrogens is 1. The van der Waals surface area contributed by atoms with Crippen LogP contribution in [0, 0.1) is 13.8 Å². The lowest BCUT2D eigenvalue weighted by Gasteiger charge is -2.21. The maximum Gasteiger partial charge on any atom is 0.257 e. The van der Waals surface area contributed by atoms with E-state index in [4.69, 9.17) is 0 Å². The van der Waals surface area contributed by atoms with Gasteiger partial charge in [-0.05, 0) is 37.8 Å². The van der Waals surface area contributed by atoms with Crippen LogP contribution < -0.4 is 0 Å². The third-order valence-corrected chi connectivity index (χ3v) is 3.98. The average Bonchev–Trinajstić information content (AvgIpc) is 2.66. The van der Waals surface area contributed by atoms with Gasteiger partial charge in [-0.2, -0.15) is 5.10 Å². The van der Waals surface area contributed by atoms with E-state index in [1.54, 1.807) is 0 Å². The molecule has 1 amide bonds. The van der Waals surface area contributed by atoms with Gasteiger partial charge in [0.2, 0.25) is 0 Å². The van der Waals surface area contributed by atoms with Crippen molar-refractivity contribution in [2.45, 2.75) is 33.2 Å². The van der Waals surface area contributed by atoms with Crippen LogP contribution in [0.4, 0.5) is 0 Å². The third kappa shape index (κ3) is 2.22. The van der Waals surface area contributed by atoms with Crippen LogP contribution in [0.1, 0.15) is 39.3 Å². The molecule has 0 saturated heterocycles. The number of aromatic amines is 1. The Kier molecular flexibility index (Phi) is 3.30. The molecule has 1 N–H and O–H groups in total. The fourth-order valence-corrected chi connectivity index (χ4v) is 2.90. The highest BCUT2D eigenvalue weighted by Gasteiger charge is 2.24. The summed E-state index contributed by atoms with van der Waals surface area (Å²) in [5.41, 5.74) is 4.99. The molecule has 4 nitrogen and oxygen atoms in total. The molecule has 0 atom stereocenters. The number of hydrogen-bond acceptors (Lipinski definition) is 2. The highest BCUT2D eigenvalue weighted by Crippen LogP contribution is 2.21. The number of carbonyl (C=O) groups excluding carboxylic acids is 1. The SMILES string of the molecule is Cc1n[nH]c(C)c1C(=O)N1CCCc2ccccc2C1. The number of hydrogen-bond donors (Lipinski definition) is 1. The molecule has 0 saturated carbocycles. The van der Waals surface area contributed by atoms with E-state index in [0.717, 1.165) is 36.3 Å². The first-order chi connectivity index (χ1) is 9.66. The van der Waals surface area contributed by atoms with E-state index in [1.807, 2.05) is 24.8 Å². The van der Waals surface area contributed by atoms with Crippen LogP contribution in [0.2, 0.25) is 0 Å². The Bertz CT molecular complexity index is 625. The van der Waals surface area contributed by atoms with Gasteiger partial charge in [-0.15, -0.1) is 0 Å². The summed E-state index contributed by atoms with van der Waals surface area (Å²) in [4.78, 5) is 14.7. The summed E-state index contributed by atoms with van der Waals surface area (Å²) in [6.45, 7) is 5.28. The second-order valence-corrected chi connectivity index (χ2v) is 5.41. The van der Waals surface area contributed by atoms with Gasteiger partial charge < -0.3 is 4.90 Å². The summed E-state index contributed by atoms with van der Waals surface area (Å²) in [7, 11) is 0. The van der Waals surface area contributed by atoms with Crippen molar-refractivity contribution in [2.75, 3.05) is 6.54 Å². The lowest BCUT2D eigenvalue weighted by molar-refractivity contribution is 0.0744. The number of aromatic nitrogens is 2. The second-order valence-electron chi connectivity index (χ2n) is 5.41. The summed E-state index contributed by atoms with van der Waals surface area (Å²) in [5.74, 6) is 0.0884. The fraction of sp³-hybridized carbons (Fsp3) is 0.375. The number of fused-ring (bicyclic) bond motifs is 1. The Morgan fingerprint density at radius 2 is 2.00 bits per heavy atom. The fourth-order valence-electron chi connectivity index (χ4n) is 2.90. The van der Waals surface area contributed by atoms with Gasteiger partial charge in [-0.3, -0.25) is 9.89 Å². The van der Waals surface area contributed by atoms with Gasteiger partial charge >= 0.3 is 0 Å². The molecule has 0 unspecified atom stereocenters. The minimum absolute atomic E-state index is 0.0884. The van der Waals surface area contributed by atoms with Gasteiger partial charge in [0.1, 0.15) is 0 Å². The molecule has 4 heteroatoms. The third-order valence-electron chi connectivity index (χ3n) is 3.98. The second kappa shape index (κ2) is 5.12. The Morgan fingerprint density at radius 3 is 2.70 bits per heavy atom. The van der Waals surface area contributed by atoms with Crippen LogP contribution in [-0.2, 0) is 13.0 Å².